The topological polar surface area (TPSA) is 80.0 Å². The van der Waals surface area contributed by atoms with Crippen molar-refractivity contribution in [3.05, 3.63) is 34.7 Å². The van der Waals surface area contributed by atoms with E-state index in [1.165, 1.54) is 17.8 Å². The number of carbonyl (C=O) groups excluding carboxylic acids is 1. The summed E-state index contributed by atoms with van der Waals surface area (Å²) >= 11 is 1.31. The first-order valence-electron chi connectivity index (χ1n) is 7.03. The number of aryl methyl sites for hydroxylation is 1. The van der Waals surface area contributed by atoms with Crippen LogP contribution < -0.4 is 16.4 Å². The number of para-hydroxylation sites is 1. The maximum Gasteiger partial charge on any atom is 0.269 e. The predicted octanol–water partition coefficient (Wildman–Crippen LogP) is 3.25. The third-order valence-corrected chi connectivity index (χ3v) is 4.69. The van der Waals surface area contributed by atoms with Crippen LogP contribution in [0.2, 0.25) is 0 Å². The Hall–Kier alpha value is -2.08. The highest BCUT2D eigenvalue weighted by Gasteiger charge is 2.21. The van der Waals surface area contributed by atoms with Crippen molar-refractivity contribution in [3.63, 3.8) is 0 Å². The maximum atomic E-state index is 12.3. The highest BCUT2D eigenvalue weighted by atomic mass is 32.1. The van der Waals surface area contributed by atoms with Crippen molar-refractivity contribution >= 4 is 33.9 Å². The maximum absolute atomic E-state index is 12.3. The van der Waals surface area contributed by atoms with Gasteiger partial charge in [0, 0.05) is 11.7 Å². The first-order chi connectivity index (χ1) is 10.1. The zero-order valence-corrected chi connectivity index (χ0v) is 12.7. The van der Waals surface area contributed by atoms with Gasteiger partial charge in [-0.05, 0) is 37.8 Å². The van der Waals surface area contributed by atoms with Crippen LogP contribution in [-0.4, -0.2) is 16.9 Å². The smallest absolute Gasteiger partial charge is 0.269 e. The standard InChI is InChI=1S/C15H18N4OS/c1-9-5-2-3-8-11(9)18-14(20)12-13(16)19-15(21-12)17-10-6-4-7-10/h2-3,5,8,10H,4,6-7,16H2,1H3,(H,17,19)(H,18,20). The second-order valence-corrected chi connectivity index (χ2v) is 6.27. The van der Waals surface area contributed by atoms with Crippen LogP contribution in [0.15, 0.2) is 24.3 Å². The van der Waals surface area contributed by atoms with E-state index in [9.17, 15) is 4.79 Å². The minimum atomic E-state index is -0.207. The SMILES string of the molecule is Cc1ccccc1NC(=O)c1sc(NC2CCC2)nc1N. The molecule has 5 nitrogen and oxygen atoms in total. The summed E-state index contributed by atoms with van der Waals surface area (Å²) < 4.78 is 0. The number of thiazole rings is 1. The van der Waals surface area contributed by atoms with Crippen LogP contribution in [-0.2, 0) is 0 Å². The van der Waals surface area contributed by atoms with E-state index in [-0.39, 0.29) is 11.7 Å². The first-order valence-corrected chi connectivity index (χ1v) is 7.85. The van der Waals surface area contributed by atoms with Gasteiger partial charge in [0.05, 0.1) is 0 Å². The molecule has 0 atom stereocenters. The first kappa shape index (κ1) is 13.9. The number of hydrogen-bond acceptors (Lipinski definition) is 5. The molecule has 1 heterocycles. The van der Waals surface area contributed by atoms with Crippen LogP contribution in [0.25, 0.3) is 0 Å². The number of benzene rings is 1. The number of nitrogens with one attached hydrogen (secondary N) is 2. The molecular formula is C15H18N4OS. The second kappa shape index (κ2) is 5.73. The van der Waals surface area contributed by atoms with Gasteiger partial charge in [0.25, 0.3) is 5.91 Å². The number of nitrogens with two attached hydrogens (primary N) is 1. The second-order valence-electron chi connectivity index (χ2n) is 5.27. The molecule has 1 aromatic carbocycles. The fourth-order valence-corrected chi connectivity index (χ4v) is 3.03. The molecule has 0 saturated heterocycles. The van der Waals surface area contributed by atoms with E-state index in [0.29, 0.717) is 10.9 Å². The molecule has 0 unspecified atom stereocenters. The van der Waals surface area contributed by atoms with Gasteiger partial charge in [-0.1, -0.05) is 29.5 Å². The third-order valence-electron chi connectivity index (χ3n) is 3.69. The number of aromatic nitrogens is 1. The summed E-state index contributed by atoms with van der Waals surface area (Å²) in [4.78, 5) is 17.0. The molecule has 1 saturated carbocycles. The Balaban J connectivity index is 1.73. The van der Waals surface area contributed by atoms with Crippen molar-refractivity contribution in [2.45, 2.75) is 32.2 Å². The molecule has 0 aliphatic heterocycles. The zero-order chi connectivity index (χ0) is 14.8. The Morgan fingerprint density at radius 3 is 2.81 bits per heavy atom. The number of anilines is 3. The minimum absolute atomic E-state index is 0.207. The molecule has 0 spiro atoms. The molecule has 0 bridgehead atoms. The van der Waals surface area contributed by atoms with E-state index in [1.54, 1.807) is 0 Å². The molecule has 1 fully saturated rings. The average molecular weight is 302 g/mol. The summed E-state index contributed by atoms with van der Waals surface area (Å²) in [5.74, 6) is 0.0777. The minimum Gasteiger partial charge on any atom is -0.382 e. The van der Waals surface area contributed by atoms with Gasteiger partial charge < -0.3 is 16.4 Å². The highest BCUT2D eigenvalue weighted by molar-refractivity contribution is 7.18. The molecule has 4 N–H and O–H groups in total. The molecule has 6 heteroatoms. The van der Waals surface area contributed by atoms with Crippen LogP contribution in [0.1, 0.15) is 34.5 Å². The van der Waals surface area contributed by atoms with Crippen LogP contribution in [0.5, 0.6) is 0 Å². The number of carbonyl (C=O) groups is 1. The number of rotatable bonds is 4. The van der Waals surface area contributed by atoms with Gasteiger partial charge in [0.2, 0.25) is 0 Å². The summed E-state index contributed by atoms with van der Waals surface area (Å²) in [6, 6.07) is 8.13. The van der Waals surface area contributed by atoms with Crippen LogP contribution in [0, 0.1) is 6.92 Å². The lowest BCUT2D eigenvalue weighted by Crippen LogP contribution is -2.26. The number of nitrogen functional groups attached to an aromatic ring is 1. The molecule has 1 aromatic heterocycles. The van der Waals surface area contributed by atoms with Crippen LogP contribution >= 0.6 is 11.3 Å². The van der Waals surface area contributed by atoms with Gasteiger partial charge in [-0.3, -0.25) is 4.79 Å². The summed E-state index contributed by atoms with van der Waals surface area (Å²) in [7, 11) is 0. The van der Waals surface area contributed by atoms with Gasteiger partial charge in [-0.2, -0.15) is 0 Å². The molecule has 2 aromatic rings. The Morgan fingerprint density at radius 1 is 1.38 bits per heavy atom. The molecule has 1 amide bonds. The predicted molar refractivity (Wildman–Crippen MR) is 86.9 cm³/mol. The molecule has 1 aliphatic carbocycles. The third kappa shape index (κ3) is 3.00. The summed E-state index contributed by atoms with van der Waals surface area (Å²) in [5.41, 5.74) is 7.68. The van der Waals surface area contributed by atoms with Crippen molar-refractivity contribution < 1.29 is 4.79 Å². The zero-order valence-electron chi connectivity index (χ0n) is 11.8. The highest BCUT2D eigenvalue weighted by Crippen LogP contribution is 2.30. The molecule has 3 rings (SSSR count). The van der Waals surface area contributed by atoms with Crippen LogP contribution in [0.3, 0.4) is 0 Å². The van der Waals surface area contributed by atoms with E-state index in [1.807, 2.05) is 31.2 Å². The van der Waals surface area contributed by atoms with Gasteiger partial charge in [0.15, 0.2) is 5.13 Å². The van der Waals surface area contributed by atoms with E-state index in [0.717, 1.165) is 29.2 Å². The number of amides is 1. The lowest BCUT2D eigenvalue weighted by atomic mass is 9.93. The monoisotopic (exact) mass is 302 g/mol. The van der Waals surface area contributed by atoms with E-state index < -0.39 is 0 Å². The fraction of sp³-hybridized carbons (Fsp3) is 0.333. The Labute approximate surface area is 127 Å². The Bertz CT molecular complexity index is 663. The summed E-state index contributed by atoms with van der Waals surface area (Å²) in [5, 5.41) is 6.93. The Morgan fingerprint density at radius 2 is 2.14 bits per heavy atom. The van der Waals surface area contributed by atoms with Gasteiger partial charge in [-0.15, -0.1) is 0 Å². The van der Waals surface area contributed by atoms with E-state index in [2.05, 4.69) is 15.6 Å². The molecule has 1 aliphatic rings. The summed E-state index contributed by atoms with van der Waals surface area (Å²) in [6.07, 6.45) is 3.56. The molecular weight excluding hydrogens is 284 g/mol. The largest absolute Gasteiger partial charge is 0.382 e. The molecule has 21 heavy (non-hydrogen) atoms. The normalized spacial score (nSPS) is 14.5. The van der Waals surface area contributed by atoms with Crippen LogP contribution in [0.4, 0.5) is 16.6 Å². The Kier molecular flexibility index (Phi) is 3.79. The average Bonchev–Trinajstić information content (AvgIpc) is 2.78. The van der Waals surface area contributed by atoms with Crippen molar-refractivity contribution in [2.75, 3.05) is 16.4 Å². The van der Waals surface area contributed by atoms with Gasteiger partial charge >= 0.3 is 0 Å². The molecule has 110 valence electrons. The van der Waals surface area contributed by atoms with Crippen molar-refractivity contribution in [1.29, 1.82) is 0 Å². The fourth-order valence-electron chi connectivity index (χ4n) is 2.18. The van der Waals surface area contributed by atoms with E-state index in [4.69, 9.17) is 5.73 Å². The quantitative estimate of drug-likeness (QED) is 0.810. The van der Waals surface area contributed by atoms with Crippen molar-refractivity contribution in [1.82, 2.24) is 4.98 Å². The van der Waals surface area contributed by atoms with Gasteiger partial charge in [0.1, 0.15) is 10.7 Å². The number of nitrogens with zero attached hydrogens (tertiary/aromatic N) is 1. The lowest BCUT2D eigenvalue weighted by Gasteiger charge is -2.25. The van der Waals surface area contributed by atoms with Gasteiger partial charge in [-0.25, -0.2) is 4.98 Å². The van der Waals surface area contributed by atoms with E-state index >= 15 is 0 Å². The number of hydrogen-bond donors (Lipinski definition) is 3. The van der Waals surface area contributed by atoms with Crippen molar-refractivity contribution in [2.24, 2.45) is 0 Å². The summed E-state index contributed by atoms with van der Waals surface area (Å²) in [6.45, 7) is 1.95. The lowest BCUT2D eigenvalue weighted by molar-refractivity contribution is 0.103. The van der Waals surface area contributed by atoms with Crippen molar-refractivity contribution in [3.8, 4) is 0 Å². The molecule has 0 radical (unpaired) electrons.